The van der Waals surface area contributed by atoms with E-state index in [2.05, 4.69) is 15.4 Å². The van der Waals surface area contributed by atoms with Crippen molar-refractivity contribution < 1.29 is 36.6 Å². The zero-order chi connectivity index (χ0) is 15.8. The highest BCUT2D eigenvalue weighted by Crippen LogP contribution is 2.23. The summed E-state index contributed by atoms with van der Waals surface area (Å²) in [6, 6.07) is 0. The molecule has 0 aliphatic heterocycles. The van der Waals surface area contributed by atoms with Gasteiger partial charge in [0, 0.05) is 12.8 Å². The Hall–Kier alpha value is -1.78. The predicted molar refractivity (Wildman–Crippen MR) is 60.1 cm³/mol. The highest BCUT2D eigenvalue weighted by Gasteiger charge is 2.42. The molecule has 114 valence electrons. The maximum Gasteiger partial charge on any atom is 0.340 e. The molecule has 0 aromatic rings. The molecule has 0 saturated heterocycles. The number of halogens is 4. The molecule has 0 amide bonds. The lowest BCUT2D eigenvalue weighted by Gasteiger charge is -2.14. The number of hydrogen-bond donors (Lipinski definition) is 0. The van der Waals surface area contributed by atoms with Crippen LogP contribution in [0.4, 0.5) is 17.6 Å². The Kier molecular flexibility index (Phi) is 7.65. The monoisotopic (exact) mass is 298 g/mol. The van der Waals surface area contributed by atoms with Crippen LogP contribution in [-0.4, -0.2) is 37.0 Å². The van der Waals surface area contributed by atoms with Crippen molar-refractivity contribution in [3.63, 3.8) is 0 Å². The number of esters is 2. The van der Waals surface area contributed by atoms with Crippen molar-refractivity contribution in [2.45, 2.75) is 44.6 Å². The zero-order valence-electron chi connectivity index (χ0n) is 10.7. The highest BCUT2D eigenvalue weighted by atomic mass is 19.3. The number of hydrogen-bond acceptors (Lipinski definition) is 4. The lowest BCUT2D eigenvalue weighted by Crippen LogP contribution is -2.33. The van der Waals surface area contributed by atoms with E-state index in [0.29, 0.717) is 0 Å². The minimum absolute atomic E-state index is 0.0186. The van der Waals surface area contributed by atoms with Crippen molar-refractivity contribution in [2.75, 3.05) is 6.61 Å². The number of carbonyl (C=O) groups excluding carboxylic acids is 2. The standard InChI is InChI=1S/C12H14F4O4/c1-3-8(2)20-10(18)6-4-5-9(17)19-7-12(15,16)11(13)14/h1,8,11H,4-7H2,2H3. The van der Waals surface area contributed by atoms with Crippen LogP contribution in [0.3, 0.4) is 0 Å². The van der Waals surface area contributed by atoms with Crippen molar-refractivity contribution in [1.82, 2.24) is 0 Å². The third-order valence-electron chi connectivity index (χ3n) is 2.05. The zero-order valence-corrected chi connectivity index (χ0v) is 10.7. The Morgan fingerprint density at radius 3 is 2.30 bits per heavy atom. The van der Waals surface area contributed by atoms with Crippen LogP contribution >= 0.6 is 0 Å². The molecule has 0 fully saturated rings. The van der Waals surface area contributed by atoms with Gasteiger partial charge in [0.1, 0.15) is 0 Å². The molecule has 1 atom stereocenters. The van der Waals surface area contributed by atoms with Gasteiger partial charge in [-0.25, -0.2) is 8.78 Å². The summed E-state index contributed by atoms with van der Waals surface area (Å²) in [7, 11) is 0. The Bertz CT molecular complexity index is 376. The smallest absolute Gasteiger partial charge is 0.340 e. The van der Waals surface area contributed by atoms with E-state index in [9.17, 15) is 27.2 Å². The molecule has 4 nitrogen and oxygen atoms in total. The Balaban J connectivity index is 3.85. The van der Waals surface area contributed by atoms with E-state index in [-0.39, 0.29) is 19.3 Å². The van der Waals surface area contributed by atoms with Crippen molar-refractivity contribution in [3.05, 3.63) is 0 Å². The first kappa shape index (κ1) is 18.2. The molecule has 1 unspecified atom stereocenters. The molecule has 0 saturated carbocycles. The van der Waals surface area contributed by atoms with Gasteiger partial charge in [0.15, 0.2) is 12.7 Å². The van der Waals surface area contributed by atoms with Crippen LogP contribution in [0.1, 0.15) is 26.2 Å². The third-order valence-corrected chi connectivity index (χ3v) is 2.05. The van der Waals surface area contributed by atoms with E-state index in [1.807, 2.05) is 0 Å². The minimum Gasteiger partial charge on any atom is -0.459 e. The third kappa shape index (κ3) is 7.61. The molecule has 0 aromatic heterocycles. The SMILES string of the molecule is C#CC(C)OC(=O)CCCC(=O)OCC(F)(F)C(F)F. The summed E-state index contributed by atoms with van der Waals surface area (Å²) >= 11 is 0. The highest BCUT2D eigenvalue weighted by molar-refractivity contribution is 5.72. The van der Waals surface area contributed by atoms with Gasteiger partial charge in [0.05, 0.1) is 0 Å². The molecular formula is C12H14F4O4. The summed E-state index contributed by atoms with van der Waals surface area (Å²) < 4.78 is 57.0. The predicted octanol–water partition coefficient (Wildman–Crippen LogP) is 2.17. The number of carbonyl (C=O) groups is 2. The Morgan fingerprint density at radius 2 is 1.80 bits per heavy atom. The molecule has 0 aromatic carbocycles. The summed E-state index contributed by atoms with van der Waals surface area (Å²) in [4.78, 5) is 22.1. The second-order valence-electron chi connectivity index (χ2n) is 3.87. The molecule has 0 bridgehead atoms. The maximum absolute atomic E-state index is 12.4. The van der Waals surface area contributed by atoms with Crippen LogP contribution in [0.5, 0.6) is 0 Å². The van der Waals surface area contributed by atoms with Gasteiger partial charge in [-0.15, -0.1) is 6.42 Å². The van der Waals surface area contributed by atoms with Crippen LogP contribution in [0.25, 0.3) is 0 Å². The van der Waals surface area contributed by atoms with Gasteiger partial charge in [-0.3, -0.25) is 9.59 Å². The molecule has 0 spiro atoms. The summed E-state index contributed by atoms with van der Waals surface area (Å²) in [6.45, 7) is -0.222. The van der Waals surface area contributed by atoms with Crippen molar-refractivity contribution >= 4 is 11.9 Å². The number of ether oxygens (including phenoxy) is 2. The Morgan fingerprint density at radius 1 is 1.25 bits per heavy atom. The van der Waals surface area contributed by atoms with E-state index in [4.69, 9.17) is 6.42 Å². The molecule has 0 radical (unpaired) electrons. The summed E-state index contributed by atoms with van der Waals surface area (Å²) in [5, 5.41) is 0. The van der Waals surface area contributed by atoms with Gasteiger partial charge in [0.25, 0.3) is 0 Å². The first-order chi connectivity index (χ1) is 9.19. The lowest BCUT2D eigenvalue weighted by atomic mass is 10.2. The van der Waals surface area contributed by atoms with Crippen molar-refractivity contribution in [2.24, 2.45) is 0 Å². The molecule has 0 aliphatic rings. The fourth-order valence-corrected chi connectivity index (χ4v) is 0.979. The molecule has 0 rings (SSSR count). The average Bonchev–Trinajstić information content (AvgIpc) is 2.36. The van der Waals surface area contributed by atoms with Crippen LogP contribution in [0.15, 0.2) is 0 Å². The van der Waals surface area contributed by atoms with Crippen molar-refractivity contribution in [1.29, 1.82) is 0 Å². The number of alkyl halides is 4. The second kappa shape index (κ2) is 8.40. The minimum atomic E-state index is -4.38. The summed E-state index contributed by atoms with van der Waals surface area (Å²) in [6.07, 6.45) is -0.189. The van der Waals surface area contributed by atoms with Gasteiger partial charge in [-0.05, 0) is 13.3 Å². The fraction of sp³-hybridized carbons (Fsp3) is 0.667. The summed E-state index contributed by atoms with van der Waals surface area (Å²) in [5.41, 5.74) is 0. The first-order valence-electron chi connectivity index (χ1n) is 5.66. The number of rotatable bonds is 8. The maximum atomic E-state index is 12.4. The van der Waals surface area contributed by atoms with Gasteiger partial charge in [0.2, 0.25) is 0 Å². The normalized spacial score (nSPS) is 12.7. The van der Waals surface area contributed by atoms with Gasteiger partial charge in [-0.2, -0.15) is 8.78 Å². The molecule has 0 aliphatic carbocycles. The quantitative estimate of drug-likeness (QED) is 0.391. The van der Waals surface area contributed by atoms with Crippen LogP contribution in [0, 0.1) is 12.3 Å². The lowest BCUT2D eigenvalue weighted by molar-refractivity contribution is -0.179. The fourth-order valence-electron chi connectivity index (χ4n) is 0.979. The van der Waals surface area contributed by atoms with Gasteiger partial charge in [-0.1, -0.05) is 5.92 Å². The summed E-state index contributed by atoms with van der Waals surface area (Å²) in [5.74, 6) is -3.97. The topological polar surface area (TPSA) is 52.6 Å². The second-order valence-corrected chi connectivity index (χ2v) is 3.87. The van der Waals surface area contributed by atoms with E-state index >= 15 is 0 Å². The van der Waals surface area contributed by atoms with Crippen molar-refractivity contribution in [3.8, 4) is 12.3 Å². The van der Waals surface area contributed by atoms with Gasteiger partial charge >= 0.3 is 24.3 Å². The van der Waals surface area contributed by atoms with Gasteiger partial charge < -0.3 is 9.47 Å². The molecule has 8 heteroatoms. The van der Waals surface area contributed by atoms with Crippen LogP contribution < -0.4 is 0 Å². The van der Waals surface area contributed by atoms with Crippen LogP contribution in [-0.2, 0) is 19.1 Å². The number of terminal acetylenes is 1. The van der Waals surface area contributed by atoms with Crippen LogP contribution in [0.2, 0.25) is 0 Å². The van der Waals surface area contributed by atoms with E-state index in [1.54, 1.807) is 0 Å². The largest absolute Gasteiger partial charge is 0.459 e. The average molecular weight is 298 g/mol. The van der Waals surface area contributed by atoms with E-state index in [0.717, 1.165) is 0 Å². The van der Waals surface area contributed by atoms with E-state index in [1.165, 1.54) is 6.92 Å². The van der Waals surface area contributed by atoms with E-state index < -0.39 is 37.0 Å². The molecule has 0 heterocycles. The molecular weight excluding hydrogens is 284 g/mol. The molecule has 20 heavy (non-hydrogen) atoms. The Labute approximate surface area is 113 Å². The molecule has 0 N–H and O–H groups in total. The first-order valence-corrected chi connectivity index (χ1v) is 5.66.